The molecule has 0 aliphatic carbocycles. The third-order valence-corrected chi connectivity index (χ3v) is 5.32. The fraction of sp³-hybridized carbons (Fsp3) is 0.385. The molecule has 9 heteroatoms. The molecular weight excluding hydrogens is 450 g/mol. The Bertz CT molecular complexity index is 968. The number of rotatable bonds is 11. The van der Waals surface area contributed by atoms with Crippen LogP contribution in [0.1, 0.15) is 43.7 Å². The van der Waals surface area contributed by atoms with Crippen LogP contribution in [0.4, 0.5) is 4.79 Å². The van der Waals surface area contributed by atoms with Crippen molar-refractivity contribution < 1.29 is 29.1 Å². The maximum Gasteiger partial charge on any atom is 0.451 e. The van der Waals surface area contributed by atoms with Gasteiger partial charge in [0.05, 0.1) is 6.61 Å². The zero-order valence-electron chi connectivity index (χ0n) is 20.2. The number of hydrogen-bond acceptors (Lipinski definition) is 6. The van der Waals surface area contributed by atoms with Gasteiger partial charge in [0.1, 0.15) is 6.04 Å². The molecule has 1 atom stereocenters. The number of nitrogens with one attached hydrogen (secondary N) is 1. The van der Waals surface area contributed by atoms with Crippen LogP contribution in [0.15, 0.2) is 60.7 Å². The molecule has 2 N–H and O–H groups in total. The predicted molar refractivity (Wildman–Crippen MR) is 131 cm³/mol. The molecule has 0 spiro atoms. The van der Waals surface area contributed by atoms with Crippen LogP contribution in [0.3, 0.4) is 0 Å². The van der Waals surface area contributed by atoms with Crippen molar-refractivity contribution in [3.63, 3.8) is 0 Å². The predicted octanol–water partition coefficient (Wildman–Crippen LogP) is 4.27. The van der Waals surface area contributed by atoms with Gasteiger partial charge in [0.15, 0.2) is 0 Å². The van der Waals surface area contributed by atoms with E-state index in [1.165, 1.54) is 7.05 Å². The highest BCUT2D eigenvalue weighted by Gasteiger charge is 2.33. The van der Waals surface area contributed by atoms with E-state index in [1.807, 2.05) is 43.3 Å². The summed E-state index contributed by atoms with van der Waals surface area (Å²) in [6.45, 7) is 2.01. The Hall–Kier alpha value is -3.88. The first-order valence-electron chi connectivity index (χ1n) is 11.6. The Balaban J connectivity index is 2.09. The minimum Gasteiger partial charge on any atom is -0.480 e. The summed E-state index contributed by atoms with van der Waals surface area (Å²) in [5.74, 6) is -2.51. The number of benzene rings is 2. The van der Waals surface area contributed by atoms with Crippen LogP contribution in [0, 0.1) is 5.41 Å². The third-order valence-electron chi connectivity index (χ3n) is 5.32. The standard InChI is InChI=1S/C26H33N3O6/c1-3-4-18-34-26(33)29(35-23(30)17-11-16-20-12-7-5-8-13-20)25(27)28(2)22(24(31)32)19-21-14-9-6-10-15-21/h5-10,12-15,22,27H,3-4,11,16-19H2,1-2H3,(H,31,32). The van der Waals surface area contributed by atoms with Crippen LogP contribution >= 0.6 is 0 Å². The van der Waals surface area contributed by atoms with Crippen LogP contribution in [0.25, 0.3) is 0 Å². The average Bonchev–Trinajstić information content (AvgIpc) is 2.86. The van der Waals surface area contributed by atoms with Crippen molar-refractivity contribution in [1.29, 1.82) is 5.41 Å². The summed E-state index contributed by atoms with van der Waals surface area (Å²) in [6.07, 6.45) is 1.55. The van der Waals surface area contributed by atoms with Crippen LogP contribution < -0.4 is 0 Å². The van der Waals surface area contributed by atoms with E-state index in [1.54, 1.807) is 24.3 Å². The first kappa shape index (κ1) is 27.4. The van der Waals surface area contributed by atoms with E-state index in [4.69, 9.17) is 15.0 Å². The number of nitrogens with zero attached hydrogens (tertiary/aromatic N) is 2. The number of aliphatic carboxylic acids is 1. The van der Waals surface area contributed by atoms with Crippen molar-refractivity contribution in [2.75, 3.05) is 13.7 Å². The Morgan fingerprint density at radius 3 is 2.14 bits per heavy atom. The zero-order chi connectivity index (χ0) is 25.6. The summed E-state index contributed by atoms with van der Waals surface area (Å²) in [5.41, 5.74) is 1.81. The number of hydrogen-bond donors (Lipinski definition) is 2. The number of amides is 1. The van der Waals surface area contributed by atoms with Crippen molar-refractivity contribution >= 4 is 24.0 Å². The SMILES string of the molecule is CCCCOC(=O)N(OC(=O)CCCc1ccccc1)C(=N)N(C)C(Cc1ccccc1)C(=O)O. The second kappa shape index (κ2) is 14.4. The molecule has 0 saturated carbocycles. The summed E-state index contributed by atoms with van der Waals surface area (Å²) < 4.78 is 5.14. The Morgan fingerprint density at radius 1 is 0.971 bits per heavy atom. The number of ether oxygens (including phenoxy) is 1. The average molecular weight is 484 g/mol. The van der Waals surface area contributed by atoms with Gasteiger partial charge in [0.2, 0.25) is 5.96 Å². The van der Waals surface area contributed by atoms with Gasteiger partial charge in [-0.1, -0.05) is 79.1 Å². The topological polar surface area (TPSA) is 120 Å². The number of carboxylic acids is 1. The molecular formula is C26H33N3O6. The monoisotopic (exact) mass is 483 g/mol. The highest BCUT2D eigenvalue weighted by molar-refractivity contribution is 5.94. The summed E-state index contributed by atoms with van der Waals surface area (Å²) >= 11 is 0. The number of carbonyl (C=O) groups excluding carboxylic acids is 2. The summed E-state index contributed by atoms with van der Waals surface area (Å²) in [4.78, 5) is 43.4. The van der Waals surface area contributed by atoms with E-state index in [0.29, 0.717) is 24.3 Å². The van der Waals surface area contributed by atoms with E-state index in [0.717, 1.165) is 22.4 Å². The first-order valence-corrected chi connectivity index (χ1v) is 11.6. The molecule has 0 aromatic heterocycles. The van der Waals surface area contributed by atoms with Crippen molar-refractivity contribution in [3.8, 4) is 0 Å². The minimum atomic E-state index is -1.19. The van der Waals surface area contributed by atoms with Gasteiger partial charge in [-0.25, -0.2) is 14.4 Å². The molecule has 0 bridgehead atoms. The van der Waals surface area contributed by atoms with Gasteiger partial charge in [-0.2, -0.15) is 0 Å². The van der Waals surface area contributed by atoms with Crippen molar-refractivity contribution in [2.24, 2.45) is 0 Å². The van der Waals surface area contributed by atoms with Crippen molar-refractivity contribution in [2.45, 2.75) is 51.5 Å². The molecule has 0 radical (unpaired) electrons. The first-order chi connectivity index (χ1) is 16.8. The van der Waals surface area contributed by atoms with E-state index in [9.17, 15) is 19.5 Å². The number of aryl methyl sites for hydroxylation is 1. The maximum atomic E-state index is 12.7. The lowest BCUT2D eigenvalue weighted by Gasteiger charge is -2.31. The molecule has 0 aliphatic heterocycles. The number of guanidine groups is 1. The lowest BCUT2D eigenvalue weighted by atomic mass is 10.1. The fourth-order valence-corrected chi connectivity index (χ4v) is 3.28. The van der Waals surface area contributed by atoms with Crippen LogP contribution in [0.2, 0.25) is 0 Å². The molecule has 0 fully saturated rings. The zero-order valence-corrected chi connectivity index (χ0v) is 20.2. The van der Waals surface area contributed by atoms with Gasteiger partial charge >= 0.3 is 18.0 Å². The number of likely N-dealkylation sites (N-methyl/N-ethyl adjacent to an activating group) is 1. The lowest BCUT2D eigenvalue weighted by Crippen LogP contribution is -2.52. The van der Waals surface area contributed by atoms with Crippen molar-refractivity contribution in [3.05, 3.63) is 71.8 Å². The van der Waals surface area contributed by atoms with Gasteiger partial charge < -0.3 is 19.6 Å². The molecule has 0 heterocycles. The molecule has 2 aromatic rings. The number of unbranched alkanes of at least 4 members (excludes halogenated alkanes) is 1. The van der Waals surface area contributed by atoms with Crippen LogP contribution in [-0.2, 0) is 32.0 Å². The molecule has 2 rings (SSSR count). The van der Waals surface area contributed by atoms with E-state index >= 15 is 0 Å². The second-order valence-corrected chi connectivity index (χ2v) is 8.04. The Labute approximate surface area is 205 Å². The van der Waals surface area contributed by atoms with E-state index in [-0.39, 0.29) is 19.4 Å². The van der Waals surface area contributed by atoms with Gasteiger partial charge in [-0.05, 0) is 30.4 Å². The molecule has 0 aliphatic rings. The third kappa shape index (κ3) is 9.11. The van der Waals surface area contributed by atoms with Gasteiger partial charge in [-0.3, -0.25) is 5.41 Å². The van der Waals surface area contributed by atoms with Gasteiger partial charge in [-0.15, -0.1) is 0 Å². The normalized spacial score (nSPS) is 11.3. The highest BCUT2D eigenvalue weighted by atomic mass is 16.8. The quantitative estimate of drug-likeness (QED) is 0.212. The largest absolute Gasteiger partial charge is 0.480 e. The van der Waals surface area contributed by atoms with E-state index in [2.05, 4.69) is 0 Å². The Kier molecular flexibility index (Phi) is 11.3. The molecule has 35 heavy (non-hydrogen) atoms. The van der Waals surface area contributed by atoms with Gasteiger partial charge in [0.25, 0.3) is 0 Å². The van der Waals surface area contributed by atoms with E-state index < -0.39 is 30.0 Å². The number of hydroxylamine groups is 2. The van der Waals surface area contributed by atoms with Crippen LogP contribution in [-0.4, -0.2) is 58.8 Å². The molecule has 1 unspecified atom stereocenters. The Morgan fingerprint density at radius 2 is 1.57 bits per heavy atom. The molecule has 2 aromatic carbocycles. The molecule has 9 nitrogen and oxygen atoms in total. The summed E-state index contributed by atoms with van der Waals surface area (Å²) in [7, 11) is 1.36. The summed E-state index contributed by atoms with van der Waals surface area (Å²) in [5, 5.41) is 18.7. The smallest absolute Gasteiger partial charge is 0.451 e. The van der Waals surface area contributed by atoms with Crippen LogP contribution in [0.5, 0.6) is 0 Å². The number of carboxylic acid groups (broad SMARTS) is 1. The fourth-order valence-electron chi connectivity index (χ4n) is 3.28. The second-order valence-electron chi connectivity index (χ2n) is 8.04. The maximum absolute atomic E-state index is 12.7. The van der Waals surface area contributed by atoms with Crippen molar-refractivity contribution in [1.82, 2.24) is 9.96 Å². The molecule has 0 saturated heterocycles. The lowest BCUT2D eigenvalue weighted by molar-refractivity contribution is -0.170. The van der Waals surface area contributed by atoms with Gasteiger partial charge in [0, 0.05) is 19.9 Å². The summed E-state index contributed by atoms with van der Waals surface area (Å²) in [6, 6.07) is 17.4. The minimum absolute atomic E-state index is 0.0109. The molecule has 1 amide bonds. The number of carbonyl (C=O) groups is 3. The highest BCUT2D eigenvalue weighted by Crippen LogP contribution is 2.13. The molecule has 188 valence electrons.